The molecule has 0 radical (unpaired) electrons. The highest BCUT2D eigenvalue weighted by Gasteiger charge is 2.18. The largest absolute Gasteiger partial charge is 0.462 e. The van der Waals surface area contributed by atoms with Gasteiger partial charge < -0.3 is 10.1 Å². The molecule has 0 bridgehead atoms. The first kappa shape index (κ1) is 14.7. The Morgan fingerprint density at radius 1 is 1.60 bits per heavy atom. The van der Waals surface area contributed by atoms with E-state index in [0.717, 1.165) is 10.7 Å². The van der Waals surface area contributed by atoms with E-state index in [-0.39, 0.29) is 12.0 Å². The van der Waals surface area contributed by atoms with Gasteiger partial charge in [0.1, 0.15) is 10.6 Å². The maximum absolute atomic E-state index is 11.8. The molecule has 0 aliphatic heterocycles. The van der Waals surface area contributed by atoms with Gasteiger partial charge in [0.2, 0.25) is 0 Å². The molecule has 0 aromatic carbocycles. The lowest BCUT2D eigenvalue weighted by Gasteiger charge is -2.12. The number of carbonyl (C=O) groups excluding carboxylic acids is 1. The Hall–Kier alpha value is -1.73. The van der Waals surface area contributed by atoms with Crippen LogP contribution in [0.15, 0.2) is 17.8 Å². The van der Waals surface area contributed by atoms with Crippen LogP contribution in [0.1, 0.15) is 40.9 Å². The molecule has 2 heterocycles. The number of nitrogens with one attached hydrogen (secondary N) is 1. The Balaban J connectivity index is 2.05. The molecule has 0 fully saturated rings. The fourth-order valence-electron chi connectivity index (χ4n) is 1.84. The van der Waals surface area contributed by atoms with Crippen molar-refractivity contribution in [3.8, 4) is 0 Å². The summed E-state index contributed by atoms with van der Waals surface area (Å²) in [7, 11) is 1.81. The Bertz CT molecular complexity index is 565. The van der Waals surface area contributed by atoms with E-state index < -0.39 is 0 Å². The molecule has 0 aliphatic carbocycles. The summed E-state index contributed by atoms with van der Waals surface area (Å²) in [6, 6.07) is 0.125. The summed E-state index contributed by atoms with van der Waals surface area (Å²) >= 11 is 1.60. The van der Waals surface area contributed by atoms with Gasteiger partial charge in [-0.1, -0.05) is 0 Å². The Kier molecular flexibility index (Phi) is 4.86. The van der Waals surface area contributed by atoms with Gasteiger partial charge in [0.25, 0.3) is 0 Å². The lowest BCUT2D eigenvalue weighted by molar-refractivity contribution is 0.0524. The first-order chi connectivity index (χ1) is 9.63. The van der Waals surface area contributed by atoms with Gasteiger partial charge in [-0.3, -0.25) is 4.68 Å². The highest BCUT2D eigenvalue weighted by Crippen LogP contribution is 2.16. The maximum atomic E-state index is 11.8. The number of hydrogen-bond acceptors (Lipinski definition) is 6. The number of aryl methyl sites for hydroxylation is 1. The smallest absolute Gasteiger partial charge is 0.341 e. The zero-order valence-corrected chi connectivity index (χ0v) is 12.6. The minimum atomic E-state index is -0.334. The third kappa shape index (κ3) is 3.23. The van der Waals surface area contributed by atoms with Crippen LogP contribution in [0, 0.1) is 0 Å². The van der Waals surface area contributed by atoms with Gasteiger partial charge in [0, 0.05) is 25.2 Å². The Morgan fingerprint density at radius 3 is 3.05 bits per heavy atom. The van der Waals surface area contributed by atoms with Crippen molar-refractivity contribution in [3.05, 3.63) is 34.0 Å². The molecular formula is C13H18N4O2S. The quantitative estimate of drug-likeness (QED) is 0.824. The summed E-state index contributed by atoms with van der Waals surface area (Å²) in [5, 5.41) is 10.4. The second-order valence-corrected chi connectivity index (χ2v) is 5.25. The molecule has 6 nitrogen and oxygen atoms in total. The van der Waals surface area contributed by atoms with Gasteiger partial charge in [-0.25, -0.2) is 9.78 Å². The predicted molar refractivity (Wildman–Crippen MR) is 76.5 cm³/mol. The van der Waals surface area contributed by atoms with E-state index in [9.17, 15) is 4.79 Å². The van der Waals surface area contributed by atoms with Crippen molar-refractivity contribution in [2.24, 2.45) is 7.05 Å². The predicted octanol–water partition coefficient (Wildman–Crippen LogP) is 1.90. The molecule has 0 spiro atoms. The molecule has 0 aliphatic rings. The van der Waals surface area contributed by atoms with Crippen LogP contribution < -0.4 is 5.32 Å². The second kappa shape index (κ2) is 6.62. The van der Waals surface area contributed by atoms with E-state index in [4.69, 9.17) is 4.74 Å². The molecule has 7 heteroatoms. The topological polar surface area (TPSA) is 69.0 Å². The maximum Gasteiger partial charge on any atom is 0.341 e. The summed E-state index contributed by atoms with van der Waals surface area (Å²) in [4.78, 5) is 16.1. The number of thiazole rings is 1. The molecule has 0 saturated carbocycles. The zero-order chi connectivity index (χ0) is 14.5. The molecule has 20 heavy (non-hydrogen) atoms. The van der Waals surface area contributed by atoms with Crippen LogP contribution in [0.3, 0.4) is 0 Å². The number of hydrogen-bond donors (Lipinski definition) is 1. The van der Waals surface area contributed by atoms with Gasteiger partial charge in [-0.2, -0.15) is 5.10 Å². The van der Waals surface area contributed by atoms with E-state index in [1.807, 2.05) is 19.4 Å². The first-order valence-corrected chi connectivity index (χ1v) is 7.32. The zero-order valence-electron chi connectivity index (χ0n) is 11.8. The number of esters is 1. The van der Waals surface area contributed by atoms with Crippen LogP contribution >= 0.6 is 11.3 Å². The summed E-state index contributed by atoms with van der Waals surface area (Å²) in [5.74, 6) is -0.334. The normalized spacial score (nSPS) is 12.3. The highest BCUT2D eigenvalue weighted by atomic mass is 32.1. The van der Waals surface area contributed by atoms with Gasteiger partial charge in [-0.15, -0.1) is 11.3 Å². The third-order valence-corrected chi connectivity index (χ3v) is 3.91. The average molecular weight is 294 g/mol. The van der Waals surface area contributed by atoms with Crippen molar-refractivity contribution < 1.29 is 9.53 Å². The van der Waals surface area contributed by atoms with E-state index in [1.165, 1.54) is 0 Å². The SMILES string of the molecule is CCOC(=O)c1cnn(C)c1CNC(C)c1nccs1. The standard InChI is InChI=1S/C13H18N4O2S/c1-4-19-13(18)10-7-16-17(3)11(10)8-15-9(2)12-14-5-6-20-12/h5-7,9,15H,4,8H2,1-3H3. The lowest BCUT2D eigenvalue weighted by Crippen LogP contribution is -2.21. The first-order valence-electron chi connectivity index (χ1n) is 6.44. The molecule has 0 saturated heterocycles. The van der Waals surface area contributed by atoms with Crippen LogP contribution in [-0.2, 0) is 18.3 Å². The molecule has 1 N–H and O–H groups in total. The van der Waals surface area contributed by atoms with Gasteiger partial charge in [0.05, 0.1) is 24.5 Å². The van der Waals surface area contributed by atoms with E-state index >= 15 is 0 Å². The molecule has 0 amide bonds. The minimum Gasteiger partial charge on any atom is -0.462 e. The minimum absolute atomic E-state index is 0.125. The average Bonchev–Trinajstić information content (AvgIpc) is 3.06. The van der Waals surface area contributed by atoms with E-state index in [1.54, 1.807) is 35.3 Å². The van der Waals surface area contributed by atoms with Crippen LogP contribution in [0.4, 0.5) is 0 Å². The molecule has 1 atom stereocenters. The van der Waals surface area contributed by atoms with E-state index in [2.05, 4.69) is 15.4 Å². The summed E-state index contributed by atoms with van der Waals surface area (Å²) in [6.07, 6.45) is 3.33. The van der Waals surface area contributed by atoms with Crippen LogP contribution in [0.25, 0.3) is 0 Å². The Morgan fingerprint density at radius 2 is 2.40 bits per heavy atom. The molecular weight excluding hydrogens is 276 g/mol. The fraction of sp³-hybridized carbons (Fsp3) is 0.462. The van der Waals surface area contributed by atoms with Gasteiger partial charge in [-0.05, 0) is 13.8 Å². The monoisotopic (exact) mass is 294 g/mol. The molecule has 2 rings (SSSR count). The van der Waals surface area contributed by atoms with Crippen molar-refractivity contribution >= 4 is 17.3 Å². The second-order valence-electron chi connectivity index (χ2n) is 4.32. The summed E-state index contributed by atoms with van der Waals surface area (Å²) < 4.78 is 6.72. The number of nitrogens with zero attached hydrogens (tertiary/aromatic N) is 3. The highest BCUT2D eigenvalue weighted by molar-refractivity contribution is 7.09. The number of aromatic nitrogens is 3. The van der Waals surface area contributed by atoms with Crippen LogP contribution in [0.2, 0.25) is 0 Å². The van der Waals surface area contributed by atoms with Crippen LogP contribution in [-0.4, -0.2) is 27.3 Å². The Labute approximate surface area is 121 Å². The van der Waals surface area contributed by atoms with Crippen molar-refractivity contribution in [1.29, 1.82) is 0 Å². The molecule has 1 unspecified atom stereocenters. The van der Waals surface area contributed by atoms with Gasteiger partial charge >= 0.3 is 5.97 Å². The summed E-state index contributed by atoms with van der Waals surface area (Å²) in [6.45, 7) is 4.72. The fourth-order valence-corrected chi connectivity index (χ4v) is 2.51. The number of carbonyl (C=O) groups is 1. The van der Waals surface area contributed by atoms with Crippen molar-refractivity contribution in [3.63, 3.8) is 0 Å². The third-order valence-electron chi connectivity index (χ3n) is 2.95. The number of rotatable bonds is 6. The summed E-state index contributed by atoms with van der Waals surface area (Å²) in [5.41, 5.74) is 1.32. The van der Waals surface area contributed by atoms with Crippen molar-refractivity contribution in [2.45, 2.75) is 26.4 Å². The lowest BCUT2D eigenvalue weighted by atomic mass is 10.2. The van der Waals surface area contributed by atoms with Gasteiger partial charge in [0.15, 0.2) is 0 Å². The molecule has 2 aromatic rings. The van der Waals surface area contributed by atoms with E-state index in [0.29, 0.717) is 18.7 Å². The number of ether oxygens (including phenoxy) is 1. The molecule has 108 valence electrons. The van der Waals surface area contributed by atoms with Crippen molar-refractivity contribution in [1.82, 2.24) is 20.1 Å². The van der Waals surface area contributed by atoms with Crippen LogP contribution in [0.5, 0.6) is 0 Å². The molecule has 2 aromatic heterocycles. The van der Waals surface area contributed by atoms with Crippen molar-refractivity contribution in [2.75, 3.05) is 6.61 Å².